The van der Waals surface area contributed by atoms with Gasteiger partial charge in [0.2, 0.25) is 0 Å². The summed E-state index contributed by atoms with van der Waals surface area (Å²) >= 11 is 19.5. The highest BCUT2D eigenvalue weighted by molar-refractivity contribution is 7.07. The number of aromatic nitrogens is 1. The normalized spacial score (nSPS) is 14.8. The van der Waals surface area contributed by atoms with E-state index in [9.17, 15) is 27.6 Å². The van der Waals surface area contributed by atoms with Crippen LogP contribution in [0.2, 0.25) is 15.1 Å². The van der Waals surface area contributed by atoms with Crippen molar-refractivity contribution in [1.82, 2.24) is 4.57 Å². The first-order valence-corrected chi connectivity index (χ1v) is 16.2. The zero-order chi connectivity index (χ0) is 34.7. The first-order chi connectivity index (χ1) is 22.8. The maximum atomic E-state index is 14.4. The van der Waals surface area contributed by atoms with Gasteiger partial charge in [-0.3, -0.25) is 9.36 Å². The molecule has 1 aliphatic rings. The first-order valence-electron chi connectivity index (χ1n) is 14.3. The molecular weight excluding hydrogens is 716 g/mol. The average Bonchev–Trinajstić information content (AvgIpc) is 3.34. The van der Waals surface area contributed by atoms with Crippen molar-refractivity contribution in [2.45, 2.75) is 32.7 Å². The van der Waals surface area contributed by atoms with Crippen molar-refractivity contribution in [1.29, 1.82) is 0 Å². The van der Waals surface area contributed by atoms with Crippen LogP contribution in [0.4, 0.5) is 13.2 Å². The fourth-order valence-electron chi connectivity index (χ4n) is 4.89. The van der Waals surface area contributed by atoms with Gasteiger partial charge in [0, 0.05) is 15.6 Å². The molecule has 250 valence electrons. The molecule has 5 rings (SSSR count). The number of halogens is 6. The molecule has 0 unspecified atom stereocenters. The van der Waals surface area contributed by atoms with Gasteiger partial charge in [-0.1, -0.05) is 70.4 Å². The lowest BCUT2D eigenvalue weighted by atomic mass is 9.95. The summed E-state index contributed by atoms with van der Waals surface area (Å²) in [6.45, 7) is 3.18. The van der Waals surface area contributed by atoms with Crippen molar-refractivity contribution >= 4 is 64.2 Å². The Hall–Kier alpha value is -4.10. The predicted molar refractivity (Wildman–Crippen MR) is 175 cm³/mol. The number of alkyl halides is 3. The molecule has 3 aromatic carbocycles. The Morgan fingerprint density at radius 3 is 2.21 bits per heavy atom. The lowest BCUT2D eigenvalue weighted by Crippen LogP contribution is -2.41. The smallest absolute Gasteiger partial charge is 0.434 e. The molecule has 48 heavy (non-hydrogen) atoms. The van der Waals surface area contributed by atoms with Crippen LogP contribution in [-0.4, -0.2) is 35.9 Å². The molecule has 0 aliphatic carbocycles. The molecule has 0 bridgehead atoms. The molecule has 1 aliphatic heterocycles. The van der Waals surface area contributed by atoms with Gasteiger partial charge in [-0.05, 0) is 67.4 Å². The highest BCUT2D eigenvalue weighted by Crippen LogP contribution is 2.39. The van der Waals surface area contributed by atoms with E-state index >= 15 is 0 Å². The van der Waals surface area contributed by atoms with Crippen LogP contribution in [0.1, 0.15) is 46.9 Å². The van der Waals surface area contributed by atoms with Gasteiger partial charge in [0.1, 0.15) is 12.4 Å². The number of thiazole rings is 1. The van der Waals surface area contributed by atoms with Crippen molar-refractivity contribution in [2.75, 3.05) is 13.2 Å². The van der Waals surface area contributed by atoms with Crippen molar-refractivity contribution in [2.24, 2.45) is 4.99 Å². The molecular formula is C33H24Cl3F3N2O6S. The Morgan fingerprint density at radius 1 is 0.938 bits per heavy atom. The Balaban J connectivity index is 1.63. The number of hydrogen-bond donors (Lipinski definition) is 0. The van der Waals surface area contributed by atoms with E-state index < -0.39 is 41.0 Å². The quantitative estimate of drug-likeness (QED) is 0.171. The van der Waals surface area contributed by atoms with Crippen LogP contribution >= 0.6 is 46.1 Å². The summed E-state index contributed by atoms with van der Waals surface area (Å²) in [6.07, 6.45) is -3.68. The molecule has 0 saturated carbocycles. The van der Waals surface area contributed by atoms with Crippen LogP contribution in [0.3, 0.4) is 0 Å². The van der Waals surface area contributed by atoms with Crippen LogP contribution in [0.5, 0.6) is 5.75 Å². The Bertz CT molecular complexity index is 2090. The number of nitrogens with zero attached hydrogens (tertiary/aromatic N) is 2. The van der Waals surface area contributed by atoms with Crippen molar-refractivity contribution in [3.05, 3.63) is 129 Å². The molecule has 0 saturated heterocycles. The first kappa shape index (κ1) is 35.2. The van der Waals surface area contributed by atoms with Crippen LogP contribution in [0.15, 0.2) is 81.7 Å². The SMILES string of the molecule is CCOC(=O)C1=C(C(F)(F)F)N=c2s/c(=C\c3cc(Cl)cc(Cl)c3OCc3ccc(C(=O)OCC)cc3)c(=O)n2[C@H]1c1ccc(Cl)cc1. The summed E-state index contributed by atoms with van der Waals surface area (Å²) in [7, 11) is 0. The molecule has 1 atom stereocenters. The predicted octanol–water partition coefficient (Wildman–Crippen LogP) is 7.06. The van der Waals surface area contributed by atoms with Gasteiger partial charge < -0.3 is 14.2 Å². The molecule has 4 aromatic rings. The maximum absolute atomic E-state index is 14.4. The second-order valence-corrected chi connectivity index (χ2v) is 12.4. The van der Waals surface area contributed by atoms with E-state index in [1.807, 2.05) is 0 Å². The van der Waals surface area contributed by atoms with E-state index in [0.717, 1.165) is 4.57 Å². The van der Waals surface area contributed by atoms with Crippen LogP contribution in [0, 0.1) is 0 Å². The van der Waals surface area contributed by atoms with Gasteiger partial charge in [-0.25, -0.2) is 14.6 Å². The summed E-state index contributed by atoms with van der Waals surface area (Å²) in [5.74, 6) is -1.60. The van der Waals surface area contributed by atoms with E-state index in [4.69, 9.17) is 49.0 Å². The average molecular weight is 740 g/mol. The van der Waals surface area contributed by atoms with E-state index in [0.29, 0.717) is 27.5 Å². The molecule has 0 radical (unpaired) electrons. The van der Waals surface area contributed by atoms with Crippen LogP contribution < -0.4 is 19.6 Å². The molecule has 8 nitrogen and oxygen atoms in total. The monoisotopic (exact) mass is 738 g/mol. The molecule has 2 heterocycles. The summed E-state index contributed by atoms with van der Waals surface area (Å²) in [5.41, 5.74) is -1.59. The molecule has 0 spiro atoms. The van der Waals surface area contributed by atoms with E-state index in [2.05, 4.69) is 4.99 Å². The minimum absolute atomic E-state index is 0.000950. The minimum Gasteiger partial charge on any atom is -0.487 e. The third-order valence-corrected chi connectivity index (χ3v) is 8.69. The van der Waals surface area contributed by atoms with Gasteiger partial charge in [-0.2, -0.15) is 13.2 Å². The number of esters is 2. The van der Waals surface area contributed by atoms with Crippen molar-refractivity contribution in [3.8, 4) is 5.75 Å². The second kappa shape index (κ2) is 14.6. The maximum Gasteiger partial charge on any atom is 0.434 e. The zero-order valence-electron chi connectivity index (χ0n) is 25.1. The lowest BCUT2D eigenvalue weighted by Gasteiger charge is -2.26. The zero-order valence-corrected chi connectivity index (χ0v) is 28.2. The van der Waals surface area contributed by atoms with E-state index in [1.165, 1.54) is 49.4 Å². The molecule has 0 amide bonds. The number of benzene rings is 3. The van der Waals surface area contributed by atoms with E-state index in [-0.39, 0.29) is 56.1 Å². The summed E-state index contributed by atoms with van der Waals surface area (Å²) in [6, 6.07) is 13.6. The largest absolute Gasteiger partial charge is 0.487 e. The number of allylic oxidation sites excluding steroid dienone is 1. The molecule has 0 fully saturated rings. The summed E-state index contributed by atoms with van der Waals surface area (Å²) in [4.78, 5) is 42.5. The summed E-state index contributed by atoms with van der Waals surface area (Å²) in [5, 5.41) is 0.602. The number of hydrogen-bond acceptors (Lipinski definition) is 8. The van der Waals surface area contributed by atoms with Crippen molar-refractivity contribution in [3.63, 3.8) is 0 Å². The number of fused-ring (bicyclic) bond motifs is 1. The van der Waals surface area contributed by atoms with Gasteiger partial charge in [0.05, 0.1) is 39.9 Å². The fraction of sp³-hybridized carbons (Fsp3) is 0.212. The summed E-state index contributed by atoms with van der Waals surface area (Å²) < 4.78 is 60.2. The highest BCUT2D eigenvalue weighted by Gasteiger charge is 2.45. The van der Waals surface area contributed by atoms with Crippen molar-refractivity contribution < 1.29 is 37.0 Å². The van der Waals surface area contributed by atoms with Gasteiger partial charge in [0.25, 0.3) is 5.56 Å². The molecule has 0 N–H and O–H groups in total. The van der Waals surface area contributed by atoms with E-state index in [1.54, 1.807) is 31.2 Å². The van der Waals surface area contributed by atoms with Crippen LogP contribution in [-0.2, 0) is 20.9 Å². The van der Waals surface area contributed by atoms with Crippen LogP contribution in [0.25, 0.3) is 6.08 Å². The fourth-order valence-corrected chi connectivity index (χ4v) is 6.57. The second-order valence-electron chi connectivity index (χ2n) is 10.1. The molecule has 15 heteroatoms. The van der Waals surface area contributed by atoms with Gasteiger partial charge in [-0.15, -0.1) is 0 Å². The number of rotatable bonds is 9. The third kappa shape index (κ3) is 7.46. The molecule has 1 aromatic heterocycles. The number of carbonyl (C=O) groups is 2. The van der Waals surface area contributed by atoms with Gasteiger partial charge in [0.15, 0.2) is 10.5 Å². The highest BCUT2D eigenvalue weighted by atomic mass is 35.5. The number of ether oxygens (including phenoxy) is 3. The Morgan fingerprint density at radius 2 is 1.58 bits per heavy atom. The Kier molecular flexibility index (Phi) is 10.7. The lowest BCUT2D eigenvalue weighted by molar-refractivity contribution is -0.140. The van der Waals surface area contributed by atoms with Gasteiger partial charge >= 0.3 is 18.1 Å². The Labute approximate surface area is 290 Å². The third-order valence-electron chi connectivity index (χ3n) is 6.95. The minimum atomic E-state index is -5.06. The topological polar surface area (TPSA) is 96.2 Å². The standard InChI is InChI=1S/C33H24Cl3F3N2O6S/c1-3-45-30(43)19-7-5-17(6-8-19)16-47-27-20(13-22(35)15-23(27)36)14-24-29(42)41-26(18-9-11-21(34)12-10-18)25(31(44)46-4-2)28(33(37,38)39)40-32(41)48-24/h5-15,26H,3-4,16H2,1-2H3/b24-14-/t26-/m0/s1. The number of carbonyl (C=O) groups excluding carboxylic acids is 2.